The molecule has 0 bridgehead atoms. The third-order valence-corrected chi connectivity index (χ3v) is 6.73. The van der Waals surface area contributed by atoms with Crippen LogP contribution >= 0.6 is 0 Å². The van der Waals surface area contributed by atoms with Crippen molar-refractivity contribution < 1.29 is 22.7 Å². The highest BCUT2D eigenvalue weighted by molar-refractivity contribution is 7.89. The minimum absolute atomic E-state index is 0.0135. The standard InChI is InChI=1S/C23H31N5O5S/c1-16-6-8-18(34(31,32)24-5)14-19(16)21(29)26-20-9-7-17(15-25-20)27-10-12-28(13-11-27)22(30)33-23(2,3)4/h6-9,14-15,24H,10-13H2,1-5H3,(H,25,26,29). The Morgan fingerprint density at radius 3 is 2.29 bits per heavy atom. The number of anilines is 2. The molecule has 2 aromatic rings. The molecule has 0 atom stereocenters. The minimum atomic E-state index is -3.66. The van der Waals surface area contributed by atoms with Crippen molar-refractivity contribution in [3.63, 3.8) is 0 Å². The Kier molecular flexibility index (Phi) is 7.47. The van der Waals surface area contributed by atoms with Crippen LogP contribution in [-0.2, 0) is 14.8 Å². The first kappa shape index (κ1) is 25.4. The molecule has 0 unspecified atom stereocenters. The van der Waals surface area contributed by atoms with Crippen molar-refractivity contribution >= 4 is 33.5 Å². The smallest absolute Gasteiger partial charge is 0.410 e. The lowest BCUT2D eigenvalue weighted by atomic mass is 10.1. The number of hydrogen-bond donors (Lipinski definition) is 2. The number of nitrogens with one attached hydrogen (secondary N) is 2. The van der Waals surface area contributed by atoms with Gasteiger partial charge >= 0.3 is 6.09 Å². The third-order valence-electron chi connectivity index (χ3n) is 5.32. The van der Waals surface area contributed by atoms with Crippen LogP contribution in [0.4, 0.5) is 16.3 Å². The van der Waals surface area contributed by atoms with E-state index in [0.29, 0.717) is 37.6 Å². The van der Waals surface area contributed by atoms with Crippen LogP contribution in [0.3, 0.4) is 0 Å². The molecule has 0 radical (unpaired) electrons. The number of piperazine rings is 1. The average Bonchev–Trinajstić information content (AvgIpc) is 2.78. The first-order valence-corrected chi connectivity index (χ1v) is 12.4. The highest BCUT2D eigenvalue weighted by Crippen LogP contribution is 2.20. The van der Waals surface area contributed by atoms with Crippen LogP contribution in [0.5, 0.6) is 0 Å². The lowest BCUT2D eigenvalue weighted by Crippen LogP contribution is -2.50. The molecule has 1 saturated heterocycles. The maximum Gasteiger partial charge on any atom is 0.410 e. The topological polar surface area (TPSA) is 121 Å². The van der Waals surface area contributed by atoms with Gasteiger partial charge in [0.05, 0.1) is 16.8 Å². The first-order valence-electron chi connectivity index (χ1n) is 10.9. The van der Waals surface area contributed by atoms with Crippen molar-refractivity contribution in [2.45, 2.75) is 38.2 Å². The number of aryl methyl sites for hydroxylation is 1. The number of aromatic nitrogens is 1. The molecule has 1 fully saturated rings. The highest BCUT2D eigenvalue weighted by Gasteiger charge is 2.26. The van der Waals surface area contributed by atoms with E-state index < -0.39 is 21.5 Å². The van der Waals surface area contributed by atoms with Crippen LogP contribution in [0.15, 0.2) is 41.4 Å². The van der Waals surface area contributed by atoms with Crippen molar-refractivity contribution in [1.82, 2.24) is 14.6 Å². The summed E-state index contributed by atoms with van der Waals surface area (Å²) in [5.41, 5.74) is 1.24. The van der Waals surface area contributed by atoms with E-state index >= 15 is 0 Å². The van der Waals surface area contributed by atoms with E-state index in [0.717, 1.165) is 5.69 Å². The Morgan fingerprint density at radius 2 is 1.74 bits per heavy atom. The second-order valence-electron chi connectivity index (χ2n) is 8.99. The summed E-state index contributed by atoms with van der Waals surface area (Å²) in [4.78, 5) is 33.1. The molecular weight excluding hydrogens is 458 g/mol. The van der Waals surface area contributed by atoms with Crippen LogP contribution in [0, 0.1) is 6.92 Å². The molecule has 0 saturated carbocycles. The number of pyridine rings is 1. The maximum atomic E-state index is 12.8. The van der Waals surface area contributed by atoms with Gasteiger partial charge in [0.25, 0.3) is 5.91 Å². The fourth-order valence-electron chi connectivity index (χ4n) is 3.44. The Hall–Kier alpha value is -3.18. The number of amides is 2. The Balaban J connectivity index is 1.62. The first-order chi connectivity index (χ1) is 15.9. The van der Waals surface area contributed by atoms with Crippen LogP contribution in [0.2, 0.25) is 0 Å². The molecule has 3 rings (SSSR count). The van der Waals surface area contributed by atoms with E-state index in [1.807, 2.05) is 26.8 Å². The number of carbonyl (C=O) groups excluding carboxylic acids is 2. The normalized spacial score (nSPS) is 14.6. The molecule has 10 nitrogen and oxygen atoms in total. The number of hydrogen-bond acceptors (Lipinski definition) is 7. The number of benzene rings is 1. The molecule has 34 heavy (non-hydrogen) atoms. The quantitative estimate of drug-likeness (QED) is 0.662. The van der Waals surface area contributed by atoms with E-state index in [2.05, 4.69) is 19.9 Å². The van der Waals surface area contributed by atoms with Crippen LogP contribution in [0.25, 0.3) is 0 Å². The third kappa shape index (κ3) is 6.23. The summed E-state index contributed by atoms with van der Waals surface area (Å²) in [5.74, 6) is -0.0979. The zero-order valence-electron chi connectivity index (χ0n) is 20.1. The van der Waals surface area contributed by atoms with Crippen LogP contribution in [0.1, 0.15) is 36.7 Å². The van der Waals surface area contributed by atoms with Gasteiger partial charge in [-0.15, -0.1) is 0 Å². The van der Waals surface area contributed by atoms with Gasteiger partial charge < -0.3 is 19.9 Å². The van der Waals surface area contributed by atoms with Crippen molar-refractivity contribution in [2.24, 2.45) is 0 Å². The number of sulfonamides is 1. The van der Waals surface area contributed by atoms with E-state index in [-0.39, 0.29) is 16.6 Å². The lowest BCUT2D eigenvalue weighted by Gasteiger charge is -2.36. The van der Waals surface area contributed by atoms with Gasteiger partial charge in [-0.25, -0.2) is 22.9 Å². The van der Waals surface area contributed by atoms with Gasteiger partial charge in [0.2, 0.25) is 10.0 Å². The summed E-state index contributed by atoms with van der Waals surface area (Å²) >= 11 is 0. The Morgan fingerprint density at radius 1 is 1.06 bits per heavy atom. The van der Waals surface area contributed by atoms with E-state index in [9.17, 15) is 18.0 Å². The van der Waals surface area contributed by atoms with Crippen LogP contribution < -0.4 is 14.9 Å². The molecular formula is C23H31N5O5S. The van der Waals surface area contributed by atoms with E-state index in [1.54, 1.807) is 30.2 Å². The summed E-state index contributed by atoms with van der Waals surface area (Å²) in [6.45, 7) is 9.62. The summed E-state index contributed by atoms with van der Waals surface area (Å²) in [6, 6.07) is 7.92. The zero-order valence-corrected chi connectivity index (χ0v) is 20.9. The molecule has 0 spiro atoms. The van der Waals surface area contributed by atoms with Gasteiger partial charge in [-0.2, -0.15) is 0 Å². The largest absolute Gasteiger partial charge is 0.444 e. The molecule has 2 N–H and O–H groups in total. The second-order valence-corrected chi connectivity index (χ2v) is 10.9. The number of nitrogens with zero attached hydrogens (tertiary/aromatic N) is 3. The molecule has 184 valence electrons. The molecule has 2 amide bonds. The fourth-order valence-corrected chi connectivity index (χ4v) is 4.19. The molecule has 0 aliphatic carbocycles. The van der Waals surface area contributed by atoms with Gasteiger partial charge in [0.1, 0.15) is 11.4 Å². The van der Waals surface area contributed by atoms with Gasteiger partial charge in [-0.1, -0.05) is 6.07 Å². The summed E-state index contributed by atoms with van der Waals surface area (Å²) in [6.07, 6.45) is 1.35. The zero-order chi connectivity index (χ0) is 25.1. The molecule has 1 aliphatic rings. The van der Waals surface area contributed by atoms with Gasteiger partial charge in [0, 0.05) is 31.7 Å². The van der Waals surface area contributed by atoms with Crippen molar-refractivity contribution in [3.05, 3.63) is 47.7 Å². The number of ether oxygens (including phenoxy) is 1. The van der Waals surface area contributed by atoms with Gasteiger partial charge in [-0.05, 0) is 64.6 Å². The van der Waals surface area contributed by atoms with Gasteiger partial charge in [0.15, 0.2) is 0 Å². The predicted molar refractivity (Wildman–Crippen MR) is 130 cm³/mol. The molecule has 1 aromatic carbocycles. The van der Waals surface area contributed by atoms with Crippen molar-refractivity contribution in [1.29, 1.82) is 0 Å². The molecule has 2 heterocycles. The summed E-state index contributed by atoms with van der Waals surface area (Å²) in [5, 5.41) is 2.72. The summed E-state index contributed by atoms with van der Waals surface area (Å²) < 4.78 is 31.8. The second kappa shape index (κ2) is 9.98. The van der Waals surface area contributed by atoms with Crippen molar-refractivity contribution in [2.75, 3.05) is 43.4 Å². The number of rotatable bonds is 5. The van der Waals surface area contributed by atoms with E-state index in [1.165, 1.54) is 19.2 Å². The SMILES string of the molecule is CNS(=O)(=O)c1ccc(C)c(C(=O)Nc2ccc(N3CCN(C(=O)OC(C)(C)C)CC3)cn2)c1. The fraction of sp³-hybridized carbons (Fsp3) is 0.435. The Bertz CT molecular complexity index is 1150. The molecule has 11 heteroatoms. The van der Waals surface area contributed by atoms with E-state index in [4.69, 9.17) is 4.74 Å². The maximum absolute atomic E-state index is 12.8. The molecule has 1 aromatic heterocycles. The lowest BCUT2D eigenvalue weighted by molar-refractivity contribution is 0.0240. The van der Waals surface area contributed by atoms with Gasteiger partial charge in [-0.3, -0.25) is 4.79 Å². The highest BCUT2D eigenvalue weighted by atomic mass is 32.2. The molecule has 1 aliphatic heterocycles. The summed E-state index contributed by atoms with van der Waals surface area (Å²) in [7, 11) is -2.35. The minimum Gasteiger partial charge on any atom is -0.444 e. The average molecular weight is 490 g/mol. The Labute approximate surface area is 200 Å². The predicted octanol–water partition coefficient (Wildman–Crippen LogP) is 2.61. The monoisotopic (exact) mass is 489 g/mol. The number of carbonyl (C=O) groups is 2. The van der Waals surface area contributed by atoms with Crippen LogP contribution in [-0.4, -0.2) is 69.1 Å². The van der Waals surface area contributed by atoms with Crippen molar-refractivity contribution in [3.8, 4) is 0 Å².